The van der Waals surface area contributed by atoms with Crippen molar-refractivity contribution in [1.29, 1.82) is 0 Å². The fourth-order valence-corrected chi connectivity index (χ4v) is 4.90. The molecule has 32 heavy (non-hydrogen) atoms. The lowest BCUT2D eigenvalue weighted by atomic mass is 10.0. The van der Waals surface area contributed by atoms with E-state index in [-0.39, 0.29) is 5.63 Å². The quantitative estimate of drug-likeness (QED) is 0.250. The summed E-state index contributed by atoms with van der Waals surface area (Å²) in [5, 5.41) is 11.2. The molecular weight excluding hydrogens is 446 g/mol. The van der Waals surface area contributed by atoms with Crippen molar-refractivity contribution in [2.75, 3.05) is 0 Å². The van der Waals surface area contributed by atoms with Crippen LogP contribution in [0.25, 0.3) is 11.0 Å². The number of benzene rings is 2. The van der Waals surface area contributed by atoms with Crippen molar-refractivity contribution < 1.29 is 9.15 Å². The number of hydrogen-bond acceptors (Lipinski definition) is 6. The van der Waals surface area contributed by atoms with E-state index in [2.05, 4.69) is 20.8 Å². The summed E-state index contributed by atoms with van der Waals surface area (Å²) < 4.78 is 13.6. The van der Waals surface area contributed by atoms with Gasteiger partial charge in [0.05, 0.1) is 5.02 Å². The summed E-state index contributed by atoms with van der Waals surface area (Å²) in [7, 11) is 0. The Labute approximate surface area is 194 Å². The molecule has 8 heteroatoms. The number of halogens is 1. The minimum absolute atomic E-state index is 0.296. The Hall–Kier alpha value is -2.77. The topological polar surface area (TPSA) is 70.2 Å². The second kappa shape index (κ2) is 8.64. The molecule has 1 saturated carbocycles. The second-order valence-electron chi connectivity index (χ2n) is 7.98. The molecule has 164 valence electrons. The molecule has 5 rings (SSSR count). The van der Waals surface area contributed by atoms with Crippen LogP contribution < -0.4 is 10.4 Å². The van der Waals surface area contributed by atoms with Crippen molar-refractivity contribution in [3.63, 3.8) is 0 Å². The molecule has 0 N–H and O–H groups in total. The number of nitrogens with zero attached hydrogens (tertiary/aromatic N) is 3. The second-order valence-corrected chi connectivity index (χ2v) is 9.33. The summed E-state index contributed by atoms with van der Waals surface area (Å²) in [5.74, 6) is 2.00. The van der Waals surface area contributed by atoms with Gasteiger partial charge in [0.1, 0.15) is 17.9 Å². The van der Waals surface area contributed by atoms with Gasteiger partial charge in [-0.15, -0.1) is 10.2 Å². The number of aryl methyl sites for hydroxylation is 2. The Morgan fingerprint density at radius 2 is 2.00 bits per heavy atom. The SMILES string of the molecule is Cc1ccc2c(CSc3nnc(COc4ccccc4Cl)n3C3CC3)cc(=O)oc2c1C. The minimum atomic E-state index is -0.334. The van der Waals surface area contributed by atoms with E-state index in [0.717, 1.165) is 45.9 Å². The third-order valence-electron chi connectivity index (χ3n) is 5.71. The molecule has 0 spiro atoms. The van der Waals surface area contributed by atoms with Gasteiger partial charge < -0.3 is 9.15 Å². The van der Waals surface area contributed by atoms with E-state index in [9.17, 15) is 4.79 Å². The van der Waals surface area contributed by atoms with Gasteiger partial charge in [-0.05, 0) is 55.5 Å². The normalized spacial score (nSPS) is 13.6. The Morgan fingerprint density at radius 3 is 2.78 bits per heavy atom. The van der Waals surface area contributed by atoms with Crippen molar-refractivity contribution in [3.8, 4) is 5.75 Å². The average Bonchev–Trinajstić information content (AvgIpc) is 3.54. The van der Waals surface area contributed by atoms with Gasteiger partial charge in [-0.1, -0.05) is 47.6 Å². The number of hydrogen-bond donors (Lipinski definition) is 0. The number of thioether (sulfide) groups is 1. The molecule has 1 aliphatic carbocycles. The van der Waals surface area contributed by atoms with Crippen molar-refractivity contribution in [3.05, 3.63) is 80.4 Å². The van der Waals surface area contributed by atoms with Gasteiger partial charge in [0.15, 0.2) is 11.0 Å². The first kappa shape index (κ1) is 21.1. The molecule has 0 aliphatic heterocycles. The third-order valence-corrected chi connectivity index (χ3v) is 7.02. The molecule has 2 aromatic heterocycles. The highest BCUT2D eigenvalue weighted by Crippen LogP contribution is 2.40. The fraction of sp³-hybridized carbons (Fsp3) is 0.292. The highest BCUT2D eigenvalue weighted by molar-refractivity contribution is 7.98. The van der Waals surface area contributed by atoms with E-state index in [1.807, 2.05) is 38.1 Å². The number of fused-ring (bicyclic) bond motifs is 1. The molecule has 0 radical (unpaired) electrons. The van der Waals surface area contributed by atoms with Crippen molar-refractivity contribution in [2.45, 2.75) is 50.2 Å². The van der Waals surface area contributed by atoms with Crippen LogP contribution in [-0.2, 0) is 12.4 Å². The van der Waals surface area contributed by atoms with E-state index in [1.54, 1.807) is 23.9 Å². The maximum atomic E-state index is 12.2. The third kappa shape index (κ3) is 4.14. The molecule has 0 atom stereocenters. The lowest BCUT2D eigenvalue weighted by molar-refractivity contribution is 0.288. The predicted octanol–water partition coefficient (Wildman–Crippen LogP) is 5.86. The van der Waals surface area contributed by atoms with E-state index in [0.29, 0.717) is 34.8 Å². The van der Waals surface area contributed by atoms with Crippen LogP contribution in [0.1, 0.15) is 41.4 Å². The van der Waals surface area contributed by atoms with Gasteiger partial charge in [0.25, 0.3) is 0 Å². The fourth-order valence-electron chi connectivity index (χ4n) is 3.69. The number of para-hydroxylation sites is 1. The van der Waals surface area contributed by atoms with E-state index >= 15 is 0 Å². The van der Waals surface area contributed by atoms with Crippen molar-refractivity contribution >= 4 is 34.3 Å². The monoisotopic (exact) mass is 467 g/mol. The van der Waals surface area contributed by atoms with Crippen LogP contribution in [0.2, 0.25) is 5.02 Å². The lowest BCUT2D eigenvalue weighted by Crippen LogP contribution is -2.07. The number of rotatable bonds is 7. The molecule has 0 amide bonds. The Morgan fingerprint density at radius 1 is 1.19 bits per heavy atom. The highest BCUT2D eigenvalue weighted by atomic mass is 35.5. The summed E-state index contributed by atoms with van der Waals surface area (Å²) >= 11 is 7.78. The summed E-state index contributed by atoms with van der Waals surface area (Å²) in [4.78, 5) is 12.2. The van der Waals surface area contributed by atoms with Gasteiger partial charge in [-0.25, -0.2) is 4.79 Å². The average molecular weight is 468 g/mol. The van der Waals surface area contributed by atoms with Crippen molar-refractivity contribution in [1.82, 2.24) is 14.8 Å². The molecule has 0 bridgehead atoms. The van der Waals surface area contributed by atoms with Crippen LogP contribution in [0.15, 0.2) is 56.8 Å². The zero-order valence-corrected chi connectivity index (χ0v) is 19.4. The molecule has 1 aliphatic rings. The summed E-state index contributed by atoms with van der Waals surface area (Å²) in [6, 6.07) is 13.4. The Bertz CT molecular complexity index is 1360. The Balaban J connectivity index is 1.39. The lowest BCUT2D eigenvalue weighted by Gasteiger charge is -2.11. The van der Waals surface area contributed by atoms with Crippen LogP contribution in [0.3, 0.4) is 0 Å². The molecule has 2 heterocycles. The molecule has 0 unspecified atom stereocenters. The molecule has 4 aromatic rings. The van der Waals surface area contributed by atoms with Crippen LogP contribution in [0.5, 0.6) is 5.75 Å². The Kier molecular flexibility index (Phi) is 5.69. The van der Waals surface area contributed by atoms with Gasteiger partial charge in [0, 0.05) is 23.2 Å². The first-order valence-electron chi connectivity index (χ1n) is 10.5. The van der Waals surface area contributed by atoms with Crippen LogP contribution >= 0.6 is 23.4 Å². The molecule has 2 aromatic carbocycles. The van der Waals surface area contributed by atoms with E-state index in [4.69, 9.17) is 20.8 Å². The predicted molar refractivity (Wildman–Crippen MR) is 126 cm³/mol. The smallest absolute Gasteiger partial charge is 0.336 e. The van der Waals surface area contributed by atoms with Gasteiger partial charge in [-0.2, -0.15) is 0 Å². The van der Waals surface area contributed by atoms with E-state index in [1.165, 1.54) is 0 Å². The number of aromatic nitrogens is 3. The summed E-state index contributed by atoms with van der Waals surface area (Å²) in [6.07, 6.45) is 2.20. The van der Waals surface area contributed by atoms with Crippen molar-refractivity contribution in [2.24, 2.45) is 0 Å². The molecule has 1 fully saturated rings. The van der Waals surface area contributed by atoms with Crippen LogP contribution in [0, 0.1) is 13.8 Å². The standard InChI is InChI=1S/C24H22ClN3O3S/c1-14-7-10-18-16(11-22(29)31-23(18)15(14)2)13-32-24-27-26-21(28(24)17-8-9-17)12-30-20-6-4-3-5-19(20)25/h3-7,10-11,17H,8-9,12-13H2,1-2H3. The molecule has 6 nitrogen and oxygen atoms in total. The van der Waals surface area contributed by atoms with Crippen LogP contribution in [-0.4, -0.2) is 14.8 Å². The first-order chi connectivity index (χ1) is 15.5. The summed E-state index contributed by atoms with van der Waals surface area (Å²) in [5.41, 5.74) is 3.35. The van der Waals surface area contributed by atoms with E-state index < -0.39 is 0 Å². The largest absolute Gasteiger partial charge is 0.484 e. The first-order valence-corrected chi connectivity index (χ1v) is 11.8. The van der Waals surface area contributed by atoms with Gasteiger partial charge in [-0.3, -0.25) is 4.57 Å². The van der Waals surface area contributed by atoms with Crippen LogP contribution in [0.4, 0.5) is 0 Å². The zero-order chi connectivity index (χ0) is 22.2. The summed E-state index contributed by atoms with van der Waals surface area (Å²) in [6.45, 7) is 4.29. The number of ether oxygens (including phenoxy) is 1. The maximum Gasteiger partial charge on any atom is 0.336 e. The minimum Gasteiger partial charge on any atom is -0.484 e. The maximum absolute atomic E-state index is 12.2. The van der Waals surface area contributed by atoms with Gasteiger partial charge in [0.2, 0.25) is 0 Å². The zero-order valence-electron chi connectivity index (χ0n) is 17.8. The molecular formula is C24H22ClN3O3S. The highest BCUT2D eigenvalue weighted by Gasteiger charge is 2.30. The molecule has 0 saturated heterocycles. The van der Waals surface area contributed by atoms with Gasteiger partial charge >= 0.3 is 5.63 Å².